The van der Waals surface area contributed by atoms with Gasteiger partial charge in [-0.2, -0.15) is 0 Å². The molecule has 3 saturated heterocycles. The third-order valence-corrected chi connectivity index (χ3v) is 4.80. The van der Waals surface area contributed by atoms with Crippen molar-refractivity contribution in [3.63, 3.8) is 0 Å². The second kappa shape index (κ2) is 5.12. The molecule has 0 saturated carbocycles. The van der Waals surface area contributed by atoms with E-state index in [2.05, 4.69) is 17.1 Å². The molecule has 0 radical (unpaired) electrons. The van der Waals surface area contributed by atoms with Gasteiger partial charge in [-0.25, -0.2) is 0 Å². The van der Waals surface area contributed by atoms with Gasteiger partial charge in [0.1, 0.15) is 0 Å². The monoisotopic (exact) mass is 265 g/mol. The highest BCUT2D eigenvalue weighted by Crippen LogP contribution is 2.26. The molecule has 3 rings (SSSR count). The molecule has 3 aliphatic heterocycles. The number of piperazine rings is 1. The highest BCUT2D eigenvalue weighted by molar-refractivity contribution is 5.89. The first-order valence-electron chi connectivity index (χ1n) is 7.46. The number of hydrogen-bond acceptors (Lipinski definition) is 3. The maximum Gasteiger partial charge on any atom is 0.228 e. The molecule has 3 atom stereocenters. The SMILES string of the molecule is CC1CN2CCCCC2CN1C(=O)C1CNC(=O)C1. The summed E-state index contributed by atoms with van der Waals surface area (Å²) in [4.78, 5) is 28.4. The van der Waals surface area contributed by atoms with Gasteiger partial charge in [-0.05, 0) is 26.3 Å². The van der Waals surface area contributed by atoms with Gasteiger partial charge in [0, 0.05) is 38.1 Å². The van der Waals surface area contributed by atoms with E-state index in [0.29, 0.717) is 19.0 Å². The van der Waals surface area contributed by atoms with Crippen LogP contribution in [-0.2, 0) is 9.59 Å². The predicted octanol–water partition coefficient (Wildman–Crippen LogP) is 0.208. The Kier molecular flexibility index (Phi) is 3.48. The summed E-state index contributed by atoms with van der Waals surface area (Å²) in [6.07, 6.45) is 4.15. The van der Waals surface area contributed by atoms with Crippen molar-refractivity contribution in [2.45, 2.75) is 44.7 Å². The maximum absolute atomic E-state index is 12.5. The van der Waals surface area contributed by atoms with Crippen molar-refractivity contribution in [3.05, 3.63) is 0 Å². The predicted molar refractivity (Wildman–Crippen MR) is 71.5 cm³/mol. The molecule has 1 N–H and O–H groups in total. The third-order valence-electron chi connectivity index (χ3n) is 4.80. The smallest absolute Gasteiger partial charge is 0.228 e. The second-order valence-electron chi connectivity index (χ2n) is 6.19. The Bertz CT molecular complexity index is 385. The molecule has 3 unspecified atom stereocenters. The molecule has 3 fully saturated rings. The average Bonchev–Trinajstić information content (AvgIpc) is 2.84. The zero-order valence-corrected chi connectivity index (χ0v) is 11.6. The molecule has 0 aromatic rings. The maximum atomic E-state index is 12.5. The van der Waals surface area contributed by atoms with Crippen molar-refractivity contribution in [1.29, 1.82) is 0 Å². The summed E-state index contributed by atoms with van der Waals surface area (Å²) in [6.45, 7) is 5.68. The van der Waals surface area contributed by atoms with Crippen molar-refractivity contribution >= 4 is 11.8 Å². The van der Waals surface area contributed by atoms with Crippen LogP contribution in [0.15, 0.2) is 0 Å². The van der Waals surface area contributed by atoms with Crippen LogP contribution in [0.1, 0.15) is 32.6 Å². The lowest BCUT2D eigenvalue weighted by Crippen LogP contribution is -2.61. The minimum atomic E-state index is -0.134. The van der Waals surface area contributed by atoms with Crippen molar-refractivity contribution in [1.82, 2.24) is 15.1 Å². The molecule has 5 nitrogen and oxygen atoms in total. The average molecular weight is 265 g/mol. The standard InChI is InChI=1S/C14H23N3O2/c1-10-8-16-5-3-2-4-12(16)9-17(10)14(19)11-6-13(18)15-7-11/h10-12H,2-9H2,1H3,(H,15,18). The van der Waals surface area contributed by atoms with E-state index in [1.165, 1.54) is 25.8 Å². The van der Waals surface area contributed by atoms with E-state index >= 15 is 0 Å². The molecular formula is C14H23N3O2. The molecule has 0 aromatic carbocycles. The van der Waals surface area contributed by atoms with Crippen LogP contribution in [0.3, 0.4) is 0 Å². The number of carbonyl (C=O) groups is 2. The third kappa shape index (κ3) is 2.48. The quantitative estimate of drug-likeness (QED) is 0.737. The summed E-state index contributed by atoms with van der Waals surface area (Å²) in [5, 5.41) is 2.76. The largest absolute Gasteiger partial charge is 0.355 e. The number of rotatable bonds is 1. The van der Waals surface area contributed by atoms with E-state index in [1.54, 1.807) is 0 Å². The molecule has 2 amide bonds. The Morgan fingerprint density at radius 2 is 2.16 bits per heavy atom. The van der Waals surface area contributed by atoms with Gasteiger partial charge >= 0.3 is 0 Å². The van der Waals surface area contributed by atoms with Gasteiger partial charge < -0.3 is 10.2 Å². The van der Waals surface area contributed by atoms with Gasteiger partial charge in [0.05, 0.1) is 5.92 Å². The molecule has 106 valence electrons. The zero-order valence-electron chi connectivity index (χ0n) is 11.6. The summed E-state index contributed by atoms with van der Waals surface area (Å²) in [7, 11) is 0. The number of nitrogens with zero attached hydrogens (tertiary/aromatic N) is 2. The minimum Gasteiger partial charge on any atom is -0.355 e. The summed E-state index contributed by atoms with van der Waals surface area (Å²) in [6, 6.07) is 0.816. The van der Waals surface area contributed by atoms with Crippen LogP contribution in [-0.4, -0.2) is 59.9 Å². The van der Waals surface area contributed by atoms with Crippen molar-refractivity contribution in [2.75, 3.05) is 26.2 Å². The number of hydrogen-bond donors (Lipinski definition) is 1. The fraction of sp³-hybridized carbons (Fsp3) is 0.857. The van der Waals surface area contributed by atoms with E-state index in [-0.39, 0.29) is 23.8 Å². The van der Waals surface area contributed by atoms with Crippen LogP contribution in [0.4, 0.5) is 0 Å². The van der Waals surface area contributed by atoms with Crippen LogP contribution in [0.25, 0.3) is 0 Å². The molecule has 0 aliphatic carbocycles. The first-order valence-corrected chi connectivity index (χ1v) is 7.46. The molecule has 0 aromatic heterocycles. The van der Waals surface area contributed by atoms with E-state index < -0.39 is 0 Å². The van der Waals surface area contributed by atoms with E-state index in [1.807, 2.05) is 4.90 Å². The minimum absolute atomic E-state index is 0.0160. The number of amides is 2. The van der Waals surface area contributed by atoms with Gasteiger partial charge in [-0.3, -0.25) is 14.5 Å². The van der Waals surface area contributed by atoms with Crippen LogP contribution in [0.5, 0.6) is 0 Å². The summed E-state index contributed by atoms with van der Waals surface area (Å²) < 4.78 is 0. The van der Waals surface area contributed by atoms with Crippen LogP contribution in [0, 0.1) is 5.92 Å². The first-order chi connectivity index (χ1) is 9.15. The Morgan fingerprint density at radius 1 is 1.32 bits per heavy atom. The molecule has 3 heterocycles. The lowest BCUT2D eigenvalue weighted by Gasteiger charge is -2.48. The Balaban J connectivity index is 1.66. The molecule has 3 aliphatic rings. The van der Waals surface area contributed by atoms with Gasteiger partial charge in [0.2, 0.25) is 11.8 Å². The van der Waals surface area contributed by atoms with Crippen LogP contribution < -0.4 is 5.32 Å². The van der Waals surface area contributed by atoms with Gasteiger partial charge in [0.25, 0.3) is 0 Å². The fourth-order valence-electron chi connectivity index (χ4n) is 3.67. The van der Waals surface area contributed by atoms with Gasteiger partial charge in [-0.15, -0.1) is 0 Å². The van der Waals surface area contributed by atoms with E-state index in [9.17, 15) is 9.59 Å². The summed E-state index contributed by atoms with van der Waals surface area (Å²) in [5.41, 5.74) is 0. The normalized spacial score (nSPS) is 35.9. The van der Waals surface area contributed by atoms with Gasteiger partial charge in [0.15, 0.2) is 0 Å². The summed E-state index contributed by atoms with van der Waals surface area (Å²) >= 11 is 0. The molecule has 5 heteroatoms. The topological polar surface area (TPSA) is 52.6 Å². The van der Waals surface area contributed by atoms with Crippen molar-refractivity contribution in [3.8, 4) is 0 Å². The van der Waals surface area contributed by atoms with E-state index in [0.717, 1.165) is 13.1 Å². The molecular weight excluding hydrogens is 242 g/mol. The Morgan fingerprint density at radius 3 is 2.89 bits per heavy atom. The van der Waals surface area contributed by atoms with E-state index in [4.69, 9.17) is 0 Å². The fourth-order valence-corrected chi connectivity index (χ4v) is 3.67. The first kappa shape index (κ1) is 12.9. The highest BCUT2D eigenvalue weighted by Gasteiger charge is 2.39. The second-order valence-corrected chi connectivity index (χ2v) is 6.19. The molecule has 0 spiro atoms. The highest BCUT2D eigenvalue weighted by atomic mass is 16.2. The summed E-state index contributed by atoms with van der Waals surface area (Å²) in [5.74, 6) is 0.0588. The number of fused-ring (bicyclic) bond motifs is 1. The Labute approximate surface area is 114 Å². The number of piperidine rings is 1. The van der Waals surface area contributed by atoms with Crippen LogP contribution >= 0.6 is 0 Å². The lowest BCUT2D eigenvalue weighted by molar-refractivity contribution is -0.142. The van der Waals surface area contributed by atoms with Gasteiger partial charge in [-0.1, -0.05) is 6.42 Å². The number of carbonyl (C=O) groups excluding carboxylic acids is 2. The van der Waals surface area contributed by atoms with Crippen molar-refractivity contribution < 1.29 is 9.59 Å². The molecule has 19 heavy (non-hydrogen) atoms. The number of nitrogens with one attached hydrogen (secondary N) is 1. The van der Waals surface area contributed by atoms with Crippen LogP contribution in [0.2, 0.25) is 0 Å². The van der Waals surface area contributed by atoms with Crippen molar-refractivity contribution in [2.24, 2.45) is 5.92 Å². The lowest BCUT2D eigenvalue weighted by atomic mass is 9.95. The zero-order chi connectivity index (χ0) is 13.4. The Hall–Kier alpha value is -1.10. The molecule has 0 bridgehead atoms.